The minimum Gasteiger partial charge on any atom is -0.400 e. The number of aliphatic imine (C=N–C) groups is 2. The molecule has 0 aromatic carbocycles. The van der Waals surface area contributed by atoms with Crippen molar-refractivity contribution in [2.45, 2.75) is 58.7 Å². The summed E-state index contributed by atoms with van der Waals surface area (Å²) < 4.78 is 12.0. The van der Waals surface area contributed by atoms with E-state index in [4.69, 9.17) is 9.31 Å². The highest BCUT2D eigenvalue weighted by molar-refractivity contribution is 6.54. The van der Waals surface area contributed by atoms with E-state index >= 15 is 0 Å². The summed E-state index contributed by atoms with van der Waals surface area (Å²) in [6.45, 7) is 15.8. The Morgan fingerprint density at radius 2 is 1.67 bits per heavy atom. The van der Waals surface area contributed by atoms with Crippen molar-refractivity contribution in [3.8, 4) is 0 Å². The zero-order chi connectivity index (χ0) is 15.7. The van der Waals surface area contributed by atoms with Crippen molar-refractivity contribution in [2.24, 2.45) is 9.98 Å². The molecule has 2 rings (SSSR count). The fourth-order valence-corrected chi connectivity index (χ4v) is 2.39. The molecule has 0 spiro atoms. The molecule has 0 radical (unpaired) electrons. The van der Waals surface area contributed by atoms with E-state index in [2.05, 4.69) is 21.6 Å². The molecule has 2 aliphatic heterocycles. The molecule has 116 valence electrons. The van der Waals surface area contributed by atoms with Gasteiger partial charge >= 0.3 is 7.12 Å². The largest absolute Gasteiger partial charge is 0.491 e. The van der Waals surface area contributed by atoms with E-state index in [1.54, 1.807) is 6.20 Å². The molecule has 0 aliphatic carbocycles. The molecule has 0 saturated carbocycles. The lowest BCUT2D eigenvalue weighted by Gasteiger charge is -2.32. The van der Waals surface area contributed by atoms with Crippen LogP contribution in [0.1, 0.15) is 47.5 Å². The maximum atomic E-state index is 6.00. The average molecular weight is 291 g/mol. The predicted molar refractivity (Wildman–Crippen MR) is 87.6 cm³/mol. The molecular weight excluding hydrogens is 265 g/mol. The van der Waals surface area contributed by atoms with E-state index in [9.17, 15) is 0 Å². The van der Waals surface area contributed by atoms with Gasteiger partial charge in [0.1, 0.15) is 0 Å². The lowest BCUT2D eigenvalue weighted by atomic mass is 9.80. The van der Waals surface area contributed by atoms with Gasteiger partial charge in [-0.25, -0.2) is 9.98 Å². The second-order valence-corrected chi connectivity index (χ2v) is 6.74. The number of allylic oxidation sites excluding steroid dienone is 1. The van der Waals surface area contributed by atoms with E-state index < -0.39 is 0 Å². The van der Waals surface area contributed by atoms with Crippen LogP contribution in [0.4, 0.5) is 0 Å². The van der Waals surface area contributed by atoms with Gasteiger partial charge in [0.15, 0.2) is 0 Å². The summed E-state index contributed by atoms with van der Waals surface area (Å²) in [7, 11) is -0.358. The summed E-state index contributed by atoms with van der Waals surface area (Å²) in [6, 6.07) is 0. The standard InChI is InChI=1S/C15H26BN3O2/c1-12(16-20-14(2,3)15(4,5)21-16)11-18-13(17-6)19-9-7-8-10-19/h11H,6-10H2,1-5H3/b12-11+,18-13+. The van der Waals surface area contributed by atoms with Crippen molar-refractivity contribution in [2.75, 3.05) is 13.1 Å². The Morgan fingerprint density at radius 1 is 1.14 bits per heavy atom. The summed E-state index contributed by atoms with van der Waals surface area (Å²) in [4.78, 5) is 10.6. The van der Waals surface area contributed by atoms with Gasteiger partial charge in [-0.3, -0.25) is 0 Å². The highest BCUT2D eigenvalue weighted by Crippen LogP contribution is 2.38. The fraction of sp³-hybridized carbons (Fsp3) is 0.733. The van der Waals surface area contributed by atoms with Gasteiger partial charge in [0.25, 0.3) is 0 Å². The second-order valence-electron chi connectivity index (χ2n) is 6.74. The first-order chi connectivity index (χ1) is 9.77. The van der Waals surface area contributed by atoms with E-state index in [0.29, 0.717) is 5.96 Å². The molecule has 0 atom stereocenters. The van der Waals surface area contributed by atoms with Crippen LogP contribution in [0, 0.1) is 0 Å². The molecule has 5 nitrogen and oxygen atoms in total. The molecule has 2 heterocycles. The molecule has 2 fully saturated rings. The third kappa shape index (κ3) is 3.38. The van der Waals surface area contributed by atoms with Crippen molar-refractivity contribution >= 4 is 19.8 Å². The normalized spacial score (nSPS) is 25.6. The van der Waals surface area contributed by atoms with Crippen LogP contribution in [-0.4, -0.2) is 49.0 Å². The molecule has 2 saturated heterocycles. The second kappa shape index (κ2) is 5.93. The first kappa shape index (κ1) is 16.2. The van der Waals surface area contributed by atoms with Crippen LogP contribution in [0.5, 0.6) is 0 Å². The first-order valence-electron chi connectivity index (χ1n) is 7.58. The number of hydrogen-bond donors (Lipinski definition) is 0. The van der Waals surface area contributed by atoms with Gasteiger partial charge in [0.2, 0.25) is 5.96 Å². The van der Waals surface area contributed by atoms with Crippen LogP contribution in [0.3, 0.4) is 0 Å². The Labute approximate surface area is 128 Å². The smallest absolute Gasteiger partial charge is 0.400 e. The summed E-state index contributed by atoms with van der Waals surface area (Å²) in [5, 5.41) is 0. The van der Waals surface area contributed by atoms with Crippen molar-refractivity contribution in [3.63, 3.8) is 0 Å². The summed E-state index contributed by atoms with van der Waals surface area (Å²) in [6.07, 6.45) is 4.16. The van der Waals surface area contributed by atoms with Gasteiger partial charge in [-0.2, -0.15) is 0 Å². The zero-order valence-corrected chi connectivity index (χ0v) is 13.8. The predicted octanol–water partition coefficient (Wildman–Crippen LogP) is 2.67. The van der Waals surface area contributed by atoms with Crippen LogP contribution >= 0.6 is 0 Å². The number of guanidine groups is 1. The Bertz CT molecular complexity index is 450. The van der Waals surface area contributed by atoms with Gasteiger partial charge in [-0.15, -0.1) is 0 Å². The van der Waals surface area contributed by atoms with Gasteiger partial charge in [-0.1, -0.05) is 0 Å². The first-order valence-corrected chi connectivity index (χ1v) is 7.58. The van der Waals surface area contributed by atoms with Crippen LogP contribution in [0.25, 0.3) is 0 Å². The lowest BCUT2D eigenvalue weighted by molar-refractivity contribution is 0.00578. The summed E-state index contributed by atoms with van der Waals surface area (Å²) in [5.74, 6) is 0.684. The van der Waals surface area contributed by atoms with Crippen LogP contribution < -0.4 is 0 Å². The molecule has 0 bridgehead atoms. The third-order valence-corrected chi connectivity index (χ3v) is 4.54. The Morgan fingerprint density at radius 3 is 2.14 bits per heavy atom. The molecule has 0 amide bonds. The van der Waals surface area contributed by atoms with E-state index in [0.717, 1.165) is 18.6 Å². The SMILES string of the molecule is C=N/C(=N\C=C(/C)B1OC(C)(C)C(C)(C)O1)N1CCCC1. The molecule has 0 unspecified atom stereocenters. The minimum absolute atomic E-state index is 0.328. The molecule has 0 aromatic heterocycles. The molecule has 0 N–H and O–H groups in total. The quantitative estimate of drug-likeness (QED) is 0.446. The number of hydrogen-bond acceptors (Lipinski definition) is 3. The van der Waals surface area contributed by atoms with Crippen LogP contribution in [-0.2, 0) is 9.31 Å². The maximum Gasteiger partial charge on any atom is 0.491 e. The van der Waals surface area contributed by atoms with Gasteiger partial charge in [0, 0.05) is 19.3 Å². The Hall–Kier alpha value is -1.14. The van der Waals surface area contributed by atoms with Crippen LogP contribution in [0.15, 0.2) is 21.7 Å². The highest BCUT2D eigenvalue weighted by atomic mass is 16.7. The maximum absolute atomic E-state index is 6.00. The topological polar surface area (TPSA) is 46.4 Å². The lowest BCUT2D eigenvalue weighted by Crippen LogP contribution is -2.41. The Balaban J connectivity index is 2.09. The summed E-state index contributed by atoms with van der Waals surface area (Å²) in [5.41, 5.74) is 0.282. The molecule has 6 heteroatoms. The molecule has 21 heavy (non-hydrogen) atoms. The van der Waals surface area contributed by atoms with Crippen molar-refractivity contribution in [1.29, 1.82) is 0 Å². The van der Waals surface area contributed by atoms with Gasteiger partial charge < -0.3 is 14.2 Å². The number of likely N-dealkylation sites (tertiary alicyclic amines) is 1. The Kier molecular flexibility index (Phi) is 4.59. The number of rotatable bonds is 2. The minimum atomic E-state index is -0.358. The van der Waals surface area contributed by atoms with Crippen molar-refractivity contribution in [1.82, 2.24) is 4.90 Å². The molecule has 2 aliphatic rings. The van der Waals surface area contributed by atoms with Crippen molar-refractivity contribution < 1.29 is 9.31 Å². The molecular formula is C15H26BN3O2. The van der Waals surface area contributed by atoms with E-state index in [-0.39, 0.29) is 18.3 Å². The van der Waals surface area contributed by atoms with Crippen LogP contribution in [0.2, 0.25) is 0 Å². The van der Waals surface area contributed by atoms with Gasteiger partial charge in [0.05, 0.1) is 11.2 Å². The monoisotopic (exact) mass is 291 g/mol. The van der Waals surface area contributed by atoms with Gasteiger partial charge in [-0.05, 0) is 59.7 Å². The zero-order valence-electron chi connectivity index (χ0n) is 13.8. The van der Waals surface area contributed by atoms with E-state index in [1.807, 2.05) is 34.6 Å². The average Bonchev–Trinajstić information content (AvgIpc) is 2.97. The fourth-order valence-electron chi connectivity index (χ4n) is 2.39. The molecule has 0 aromatic rings. The number of nitrogens with zero attached hydrogens (tertiary/aromatic N) is 3. The van der Waals surface area contributed by atoms with E-state index in [1.165, 1.54) is 12.8 Å². The summed E-state index contributed by atoms with van der Waals surface area (Å²) >= 11 is 0. The third-order valence-electron chi connectivity index (χ3n) is 4.54. The van der Waals surface area contributed by atoms with Crippen molar-refractivity contribution in [3.05, 3.63) is 11.7 Å². The highest BCUT2D eigenvalue weighted by Gasteiger charge is 2.51.